The van der Waals surface area contributed by atoms with E-state index in [0.717, 1.165) is 16.4 Å². The van der Waals surface area contributed by atoms with E-state index in [1.54, 1.807) is 18.2 Å². The van der Waals surface area contributed by atoms with Crippen LogP contribution in [-0.4, -0.2) is 40.0 Å². The first-order chi connectivity index (χ1) is 17.7. The smallest absolute Gasteiger partial charge is 0.297 e. The second-order valence-corrected chi connectivity index (χ2v) is 12.4. The minimum atomic E-state index is -4.07. The lowest BCUT2D eigenvalue weighted by molar-refractivity contribution is -0.384. The molecule has 0 unspecified atom stereocenters. The van der Waals surface area contributed by atoms with Crippen molar-refractivity contribution in [1.29, 1.82) is 0 Å². The van der Waals surface area contributed by atoms with E-state index >= 15 is 0 Å². The number of nitro benzene ring substituents is 1. The summed E-state index contributed by atoms with van der Waals surface area (Å²) in [6.45, 7) is 7.36. The maximum absolute atomic E-state index is 13.3. The van der Waals surface area contributed by atoms with Crippen molar-refractivity contribution in [2.45, 2.75) is 45.3 Å². The van der Waals surface area contributed by atoms with Crippen LogP contribution in [0.1, 0.15) is 54.4 Å². The van der Waals surface area contributed by atoms with Crippen LogP contribution in [0.2, 0.25) is 0 Å². The van der Waals surface area contributed by atoms with Crippen LogP contribution in [0.3, 0.4) is 0 Å². The molecule has 0 radical (unpaired) electrons. The number of nitrogens with one attached hydrogen (secondary N) is 1. The molecule has 11 nitrogen and oxygen atoms in total. The summed E-state index contributed by atoms with van der Waals surface area (Å²) in [5.74, 6) is -0.0655. The lowest BCUT2D eigenvalue weighted by atomic mass is 9.91. The number of hydrogen-bond donors (Lipinski definition) is 2. The first-order valence-corrected chi connectivity index (χ1v) is 14.4. The van der Waals surface area contributed by atoms with Gasteiger partial charge in [0.25, 0.3) is 27.3 Å². The van der Waals surface area contributed by atoms with Crippen LogP contribution in [0, 0.1) is 17.0 Å². The van der Waals surface area contributed by atoms with Gasteiger partial charge in [0, 0.05) is 28.5 Å². The minimum absolute atomic E-state index is 0.0345. The van der Waals surface area contributed by atoms with E-state index in [1.807, 2.05) is 33.8 Å². The molecule has 2 aromatic carbocycles. The van der Waals surface area contributed by atoms with Crippen molar-refractivity contribution >= 4 is 39.2 Å². The molecule has 204 valence electrons. The van der Waals surface area contributed by atoms with Crippen LogP contribution in [-0.2, 0) is 21.3 Å². The number of nitrogens with zero attached hydrogens (tertiary/aromatic N) is 2. The number of nitro groups is 1. The summed E-state index contributed by atoms with van der Waals surface area (Å²) < 4.78 is 37.4. The Morgan fingerprint density at radius 3 is 2.53 bits per heavy atom. The van der Waals surface area contributed by atoms with Crippen LogP contribution in [0.15, 0.2) is 51.8 Å². The van der Waals surface area contributed by atoms with Gasteiger partial charge < -0.3 is 9.84 Å². The summed E-state index contributed by atoms with van der Waals surface area (Å²) in [6.07, 6.45) is 0.192. The van der Waals surface area contributed by atoms with Crippen LogP contribution < -0.4 is 10.9 Å². The Hall–Kier alpha value is -3.42. The Morgan fingerprint density at radius 1 is 1.21 bits per heavy atom. The van der Waals surface area contributed by atoms with Gasteiger partial charge in [-0.05, 0) is 48.9 Å². The Kier molecular flexibility index (Phi) is 8.85. The second-order valence-electron chi connectivity index (χ2n) is 9.72. The van der Waals surface area contributed by atoms with E-state index in [0.29, 0.717) is 22.8 Å². The Morgan fingerprint density at radius 2 is 1.92 bits per heavy atom. The zero-order chi connectivity index (χ0) is 28.3. The van der Waals surface area contributed by atoms with E-state index in [4.69, 9.17) is 9.08 Å². The van der Waals surface area contributed by atoms with Crippen molar-refractivity contribution in [1.82, 2.24) is 4.74 Å². The number of thioether (sulfide) groups is 1. The molecule has 0 aliphatic rings. The van der Waals surface area contributed by atoms with Gasteiger partial charge in [-0.15, -0.1) is 4.74 Å². The van der Waals surface area contributed by atoms with Crippen molar-refractivity contribution in [3.05, 3.63) is 85.4 Å². The van der Waals surface area contributed by atoms with Crippen molar-refractivity contribution in [2.24, 2.45) is 0 Å². The fourth-order valence-electron chi connectivity index (χ4n) is 3.71. The predicted molar refractivity (Wildman–Crippen MR) is 146 cm³/mol. The summed E-state index contributed by atoms with van der Waals surface area (Å²) in [5.41, 5.74) is -0.00180. The highest BCUT2D eigenvalue weighted by Gasteiger charge is 2.30. The molecule has 38 heavy (non-hydrogen) atoms. The van der Waals surface area contributed by atoms with E-state index in [-0.39, 0.29) is 23.4 Å². The maximum Gasteiger partial charge on any atom is 0.297 e. The maximum atomic E-state index is 13.3. The van der Waals surface area contributed by atoms with E-state index < -0.39 is 43.4 Å². The van der Waals surface area contributed by atoms with Gasteiger partial charge in [0.05, 0.1) is 16.2 Å². The molecule has 0 bridgehead atoms. The van der Waals surface area contributed by atoms with E-state index in [2.05, 4.69) is 5.32 Å². The molecule has 1 amide bonds. The van der Waals surface area contributed by atoms with Crippen LogP contribution in [0.4, 0.5) is 11.4 Å². The first-order valence-electron chi connectivity index (χ1n) is 11.6. The molecule has 3 aromatic rings. The normalized spacial score (nSPS) is 11.9. The number of hydrogen-bond acceptors (Lipinski definition) is 8. The molecule has 0 aliphatic carbocycles. The van der Waals surface area contributed by atoms with Crippen LogP contribution in [0.25, 0.3) is 5.69 Å². The van der Waals surface area contributed by atoms with Crippen molar-refractivity contribution < 1.29 is 27.2 Å². The molecule has 0 fully saturated rings. The second kappa shape index (κ2) is 11.5. The molecular formula is C25H29N3O8S2. The minimum Gasteiger partial charge on any atom is -0.375 e. The Balaban J connectivity index is 1.94. The number of carbonyl (C=O) groups excluding carboxylic acids is 1. The molecule has 2 N–H and O–H groups in total. The third-order valence-electron chi connectivity index (χ3n) is 5.45. The molecule has 1 aromatic heterocycles. The lowest BCUT2D eigenvalue weighted by Crippen LogP contribution is -2.19. The van der Waals surface area contributed by atoms with Gasteiger partial charge in [-0.3, -0.25) is 24.3 Å². The number of aryl methyl sites for hydroxylation is 1. The summed E-state index contributed by atoms with van der Waals surface area (Å²) in [5, 5.41) is 14.6. The predicted octanol–water partition coefficient (Wildman–Crippen LogP) is 4.71. The SMILES string of the molecule is Cc1cccc(NC(=O)c2ccc(-n3oc(C(C)(C)C)c(CSCCCS(=O)(=O)O)c3=O)c([N+](=O)[O-])c2)c1. The molecule has 0 atom stereocenters. The first kappa shape index (κ1) is 29.1. The highest BCUT2D eigenvalue weighted by molar-refractivity contribution is 7.98. The summed E-state index contributed by atoms with van der Waals surface area (Å²) in [6, 6.07) is 10.9. The molecule has 0 aliphatic heterocycles. The molecule has 0 spiro atoms. The topological polar surface area (TPSA) is 162 Å². The average molecular weight is 564 g/mol. The van der Waals surface area contributed by atoms with Crippen LogP contribution in [0.5, 0.6) is 0 Å². The highest BCUT2D eigenvalue weighted by Crippen LogP contribution is 2.31. The number of benzene rings is 2. The summed E-state index contributed by atoms with van der Waals surface area (Å²) in [7, 11) is -4.07. The third kappa shape index (κ3) is 7.33. The number of aromatic nitrogens is 1. The van der Waals surface area contributed by atoms with Crippen molar-refractivity contribution in [3.63, 3.8) is 0 Å². The average Bonchev–Trinajstić information content (AvgIpc) is 3.14. The van der Waals surface area contributed by atoms with Gasteiger partial charge in [0.15, 0.2) is 5.69 Å². The zero-order valence-corrected chi connectivity index (χ0v) is 23.0. The largest absolute Gasteiger partial charge is 0.375 e. The quantitative estimate of drug-likeness (QED) is 0.154. The van der Waals surface area contributed by atoms with Gasteiger partial charge in [-0.25, -0.2) is 0 Å². The molecule has 13 heteroatoms. The van der Waals surface area contributed by atoms with Crippen molar-refractivity contribution in [3.8, 4) is 5.69 Å². The number of rotatable bonds is 10. The number of amides is 1. The van der Waals surface area contributed by atoms with E-state index in [1.165, 1.54) is 23.9 Å². The summed E-state index contributed by atoms with van der Waals surface area (Å²) in [4.78, 5) is 37.4. The fraction of sp³-hybridized carbons (Fsp3) is 0.360. The molecule has 1 heterocycles. The molecular weight excluding hydrogens is 534 g/mol. The fourth-order valence-corrected chi connectivity index (χ4v) is 5.35. The molecule has 0 saturated heterocycles. The van der Waals surface area contributed by atoms with Gasteiger partial charge in [-0.1, -0.05) is 32.9 Å². The van der Waals surface area contributed by atoms with Gasteiger partial charge in [-0.2, -0.15) is 20.2 Å². The molecule has 0 saturated carbocycles. The third-order valence-corrected chi connectivity index (χ3v) is 7.32. The van der Waals surface area contributed by atoms with E-state index in [9.17, 15) is 28.1 Å². The zero-order valence-electron chi connectivity index (χ0n) is 21.4. The van der Waals surface area contributed by atoms with Gasteiger partial charge >= 0.3 is 0 Å². The van der Waals surface area contributed by atoms with Gasteiger partial charge in [0.2, 0.25) is 0 Å². The lowest BCUT2D eigenvalue weighted by Gasteiger charge is -2.15. The monoisotopic (exact) mass is 563 g/mol. The standard InChI is InChI=1S/C25H29N3O8S2/c1-16-7-5-8-18(13-16)26-23(29)17-9-10-20(21(14-17)28(31)32)27-24(30)19(22(36-27)25(2,3)4)15-37-11-6-12-38(33,34)35/h5,7-10,13-14H,6,11-12,15H2,1-4H3,(H,26,29)(H,33,34,35). The van der Waals surface area contributed by atoms with Crippen molar-refractivity contribution in [2.75, 3.05) is 16.8 Å². The number of carbonyl (C=O) groups is 1. The highest BCUT2D eigenvalue weighted by atomic mass is 32.2. The number of anilines is 1. The van der Waals surface area contributed by atoms with Crippen LogP contribution >= 0.6 is 11.8 Å². The van der Waals surface area contributed by atoms with Gasteiger partial charge in [0.1, 0.15) is 5.76 Å². The summed E-state index contributed by atoms with van der Waals surface area (Å²) >= 11 is 1.28. The Bertz CT molecular complexity index is 1520. The molecule has 3 rings (SSSR count). The Labute approximate surface area is 224 Å².